The van der Waals surface area contributed by atoms with Crippen molar-refractivity contribution in [2.75, 3.05) is 13.1 Å². The maximum absolute atomic E-state index is 10.8. The summed E-state index contributed by atoms with van der Waals surface area (Å²) in [6.45, 7) is 0.826. The fourth-order valence-corrected chi connectivity index (χ4v) is 2.11. The summed E-state index contributed by atoms with van der Waals surface area (Å²) in [6.07, 6.45) is 2.21. The molecule has 1 fully saturated rings. The quantitative estimate of drug-likeness (QED) is 0.469. The highest BCUT2D eigenvalue weighted by atomic mass is 16.4. The van der Waals surface area contributed by atoms with E-state index >= 15 is 0 Å². The van der Waals surface area contributed by atoms with Crippen molar-refractivity contribution in [1.82, 2.24) is 5.32 Å². The first-order chi connectivity index (χ1) is 7.93. The Morgan fingerprint density at radius 2 is 1.94 bits per heavy atom. The minimum Gasteiger partial charge on any atom is -0.481 e. The number of carbonyl (C=O) groups is 2. The number of carbonyl (C=O) groups excluding carboxylic acids is 1. The summed E-state index contributed by atoms with van der Waals surface area (Å²) in [4.78, 5) is 21.3. The first-order valence-corrected chi connectivity index (χ1v) is 5.87. The van der Waals surface area contributed by atoms with Gasteiger partial charge in [0, 0.05) is 19.5 Å². The minimum absolute atomic E-state index is 0.244. The molecule has 0 aliphatic heterocycles. The van der Waals surface area contributed by atoms with Crippen LogP contribution in [0.2, 0.25) is 0 Å². The topological polar surface area (TPSA) is 113 Å². The summed E-state index contributed by atoms with van der Waals surface area (Å²) in [6, 6.07) is 0. The molecular formula is C11H20N2O4. The number of aliphatic hydroxyl groups is 1. The van der Waals surface area contributed by atoms with E-state index < -0.39 is 11.6 Å². The smallest absolute Gasteiger partial charge is 0.306 e. The zero-order valence-electron chi connectivity index (χ0n) is 9.82. The number of aliphatic carboxylic acids is 1. The lowest BCUT2D eigenvalue weighted by Crippen LogP contribution is -2.45. The average Bonchev–Trinajstić information content (AvgIpc) is 2.25. The standard InChI is InChI=1S/C11H20N2O4/c12-9(14)3-6-13-7-11(17)4-1-8(2-5-11)10(15)16/h8,13,17H,1-7H2,(H2,12,14)(H,15,16). The zero-order chi connectivity index (χ0) is 12.9. The van der Waals surface area contributed by atoms with E-state index in [1.807, 2.05) is 0 Å². The highest BCUT2D eigenvalue weighted by Gasteiger charge is 2.35. The SMILES string of the molecule is NC(=O)CCNCC1(O)CCC(C(=O)O)CC1. The van der Waals surface area contributed by atoms with Gasteiger partial charge in [0.15, 0.2) is 0 Å². The van der Waals surface area contributed by atoms with Crippen molar-refractivity contribution in [2.24, 2.45) is 11.7 Å². The largest absolute Gasteiger partial charge is 0.481 e. The second-order valence-corrected chi connectivity index (χ2v) is 4.73. The highest BCUT2D eigenvalue weighted by Crippen LogP contribution is 2.31. The Hall–Kier alpha value is -1.14. The number of carboxylic acids is 1. The Labute approximate surface area is 100 Å². The number of amides is 1. The molecular weight excluding hydrogens is 224 g/mol. The van der Waals surface area contributed by atoms with E-state index in [4.69, 9.17) is 10.8 Å². The van der Waals surface area contributed by atoms with Gasteiger partial charge in [0.2, 0.25) is 5.91 Å². The number of primary amides is 1. The minimum atomic E-state index is -0.844. The molecule has 1 aliphatic rings. The average molecular weight is 244 g/mol. The third kappa shape index (κ3) is 4.70. The molecule has 0 spiro atoms. The number of nitrogens with two attached hydrogens (primary N) is 1. The van der Waals surface area contributed by atoms with Crippen LogP contribution in [0.3, 0.4) is 0 Å². The Balaban J connectivity index is 2.25. The van der Waals surface area contributed by atoms with Crippen molar-refractivity contribution >= 4 is 11.9 Å². The fourth-order valence-electron chi connectivity index (χ4n) is 2.11. The molecule has 0 heterocycles. The molecule has 0 unspecified atom stereocenters. The van der Waals surface area contributed by atoms with Gasteiger partial charge in [-0.25, -0.2) is 0 Å². The number of hydrogen-bond acceptors (Lipinski definition) is 4. The van der Waals surface area contributed by atoms with Gasteiger partial charge in [-0.2, -0.15) is 0 Å². The van der Waals surface area contributed by atoms with E-state index in [-0.39, 0.29) is 18.2 Å². The second-order valence-electron chi connectivity index (χ2n) is 4.73. The predicted molar refractivity (Wildman–Crippen MR) is 61.2 cm³/mol. The van der Waals surface area contributed by atoms with Gasteiger partial charge in [0.05, 0.1) is 11.5 Å². The molecule has 98 valence electrons. The molecule has 0 atom stereocenters. The van der Waals surface area contributed by atoms with E-state index in [1.165, 1.54) is 0 Å². The molecule has 0 saturated heterocycles. The van der Waals surface area contributed by atoms with Crippen LogP contribution >= 0.6 is 0 Å². The van der Waals surface area contributed by atoms with Crippen LogP contribution < -0.4 is 11.1 Å². The normalized spacial score (nSPS) is 28.9. The van der Waals surface area contributed by atoms with Crippen molar-refractivity contribution in [3.63, 3.8) is 0 Å². The molecule has 0 radical (unpaired) electrons. The predicted octanol–water partition coefficient (Wildman–Crippen LogP) is -0.543. The lowest BCUT2D eigenvalue weighted by atomic mass is 9.79. The van der Waals surface area contributed by atoms with Gasteiger partial charge < -0.3 is 21.3 Å². The lowest BCUT2D eigenvalue weighted by Gasteiger charge is -2.34. The van der Waals surface area contributed by atoms with Gasteiger partial charge in [-0.1, -0.05) is 0 Å². The van der Waals surface area contributed by atoms with Crippen LogP contribution in [-0.4, -0.2) is 40.8 Å². The van der Waals surface area contributed by atoms with Crippen LogP contribution in [0.4, 0.5) is 0 Å². The Morgan fingerprint density at radius 1 is 1.35 bits per heavy atom. The van der Waals surface area contributed by atoms with Crippen LogP contribution in [0, 0.1) is 5.92 Å². The van der Waals surface area contributed by atoms with Gasteiger partial charge in [-0.05, 0) is 25.7 Å². The highest BCUT2D eigenvalue weighted by molar-refractivity contribution is 5.73. The van der Waals surface area contributed by atoms with Crippen LogP contribution in [0.25, 0.3) is 0 Å². The molecule has 1 amide bonds. The van der Waals surface area contributed by atoms with Crippen LogP contribution in [0.1, 0.15) is 32.1 Å². The summed E-state index contributed by atoms with van der Waals surface area (Å²) in [5, 5.41) is 22.0. The van der Waals surface area contributed by atoms with Gasteiger partial charge >= 0.3 is 5.97 Å². The second kappa shape index (κ2) is 5.97. The van der Waals surface area contributed by atoms with Crippen molar-refractivity contribution in [1.29, 1.82) is 0 Å². The summed E-state index contributed by atoms with van der Waals surface area (Å²) in [5.74, 6) is -1.49. The van der Waals surface area contributed by atoms with E-state index in [9.17, 15) is 14.7 Å². The maximum Gasteiger partial charge on any atom is 0.306 e. The molecule has 1 saturated carbocycles. The molecule has 1 rings (SSSR count). The fraction of sp³-hybridized carbons (Fsp3) is 0.818. The van der Waals surface area contributed by atoms with E-state index in [2.05, 4.69) is 5.32 Å². The molecule has 5 N–H and O–H groups in total. The molecule has 1 aliphatic carbocycles. The van der Waals surface area contributed by atoms with E-state index in [0.717, 1.165) is 0 Å². The Morgan fingerprint density at radius 3 is 2.41 bits per heavy atom. The first-order valence-electron chi connectivity index (χ1n) is 5.87. The van der Waals surface area contributed by atoms with Gasteiger partial charge in [0.1, 0.15) is 0 Å². The van der Waals surface area contributed by atoms with E-state index in [0.29, 0.717) is 38.8 Å². The molecule has 0 bridgehead atoms. The summed E-state index contributed by atoms with van der Waals surface area (Å²) >= 11 is 0. The molecule has 0 aromatic rings. The molecule has 0 aromatic heterocycles. The summed E-state index contributed by atoms with van der Waals surface area (Å²) in [5.41, 5.74) is 4.15. The van der Waals surface area contributed by atoms with Crippen molar-refractivity contribution in [3.05, 3.63) is 0 Å². The van der Waals surface area contributed by atoms with Gasteiger partial charge in [0.25, 0.3) is 0 Å². The van der Waals surface area contributed by atoms with Crippen LogP contribution in [-0.2, 0) is 9.59 Å². The number of nitrogens with one attached hydrogen (secondary N) is 1. The molecule has 6 nitrogen and oxygen atoms in total. The Kier molecular flexibility index (Phi) is 4.89. The van der Waals surface area contributed by atoms with Crippen LogP contribution in [0.15, 0.2) is 0 Å². The maximum atomic E-state index is 10.8. The molecule has 17 heavy (non-hydrogen) atoms. The van der Waals surface area contributed by atoms with Crippen molar-refractivity contribution < 1.29 is 19.8 Å². The third-order valence-electron chi connectivity index (χ3n) is 3.27. The summed E-state index contributed by atoms with van der Waals surface area (Å²) < 4.78 is 0. The molecule has 6 heteroatoms. The zero-order valence-corrected chi connectivity index (χ0v) is 9.82. The first kappa shape index (κ1) is 13.9. The number of rotatable bonds is 6. The van der Waals surface area contributed by atoms with E-state index in [1.54, 1.807) is 0 Å². The van der Waals surface area contributed by atoms with Gasteiger partial charge in [-0.15, -0.1) is 0 Å². The Bertz CT molecular complexity index is 285. The summed E-state index contributed by atoms with van der Waals surface area (Å²) in [7, 11) is 0. The monoisotopic (exact) mass is 244 g/mol. The van der Waals surface area contributed by atoms with Crippen molar-refractivity contribution in [2.45, 2.75) is 37.7 Å². The number of hydrogen-bond donors (Lipinski definition) is 4. The van der Waals surface area contributed by atoms with Gasteiger partial charge in [-0.3, -0.25) is 9.59 Å². The lowest BCUT2D eigenvalue weighted by molar-refractivity contribution is -0.144. The van der Waals surface area contributed by atoms with Crippen LogP contribution in [0.5, 0.6) is 0 Å². The number of carboxylic acid groups (broad SMARTS) is 1. The van der Waals surface area contributed by atoms with Crippen molar-refractivity contribution in [3.8, 4) is 0 Å². The molecule has 0 aromatic carbocycles. The third-order valence-corrected chi connectivity index (χ3v) is 3.27.